The van der Waals surface area contributed by atoms with Gasteiger partial charge in [0.1, 0.15) is 0 Å². The second-order valence-corrected chi connectivity index (χ2v) is 11.1. The number of fused-ring (bicyclic) bond motifs is 1. The molecule has 0 radical (unpaired) electrons. The molecule has 0 bridgehead atoms. The third kappa shape index (κ3) is 5.27. The summed E-state index contributed by atoms with van der Waals surface area (Å²) < 4.78 is 2.10. The lowest BCUT2D eigenvalue weighted by molar-refractivity contribution is -0.122. The highest BCUT2D eigenvalue weighted by Crippen LogP contribution is 2.35. The fraction of sp³-hybridized carbons (Fsp3) is 0.138. The second-order valence-electron chi connectivity index (χ2n) is 8.81. The molecule has 3 aromatic carbocycles. The number of rotatable bonds is 7. The number of benzene rings is 3. The van der Waals surface area contributed by atoms with Crippen LogP contribution in [-0.4, -0.2) is 32.9 Å². The lowest BCUT2D eigenvalue weighted by Gasteiger charge is -2.11. The maximum atomic E-state index is 13.2. The number of aryl methyl sites for hydroxylation is 1. The molecule has 2 heterocycles. The van der Waals surface area contributed by atoms with Gasteiger partial charge in [-0.2, -0.15) is 0 Å². The Morgan fingerprint density at radius 3 is 2.39 bits per heavy atom. The summed E-state index contributed by atoms with van der Waals surface area (Å²) >= 11 is 19.3. The number of carbonyl (C=O) groups is 3. The van der Waals surface area contributed by atoms with Crippen LogP contribution in [0.5, 0.6) is 0 Å². The zero-order valence-electron chi connectivity index (χ0n) is 20.2. The summed E-state index contributed by atoms with van der Waals surface area (Å²) in [4.78, 5) is 39.8. The molecule has 1 fully saturated rings. The van der Waals surface area contributed by atoms with E-state index in [0.717, 1.165) is 50.7 Å². The number of aromatic nitrogens is 1. The molecule has 0 N–H and O–H groups in total. The van der Waals surface area contributed by atoms with Gasteiger partial charge in [0.2, 0.25) is 0 Å². The van der Waals surface area contributed by atoms with Crippen LogP contribution in [-0.2, 0) is 17.8 Å². The lowest BCUT2D eigenvalue weighted by atomic mass is 10.1. The van der Waals surface area contributed by atoms with Crippen molar-refractivity contribution in [2.24, 2.45) is 0 Å². The molecule has 0 unspecified atom stereocenters. The van der Waals surface area contributed by atoms with Crippen molar-refractivity contribution in [2.45, 2.75) is 19.9 Å². The molecule has 1 saturated heterocycles. The van der Waals surface area contributed by atoms with Crippen LogP contribution in [0.2, 0.25) is 15.1 Å². The maximum Gasteiger partial charge on any atom is 0.293 e. The predicted molar refractivity (Wildman–Crippen MR) is 155 cm³/mol. The van der Waals surface area contributed by atoms with E-state index in [1.165, 1.54) is 0 Å². The molecule has 0 spiro atoms. The van der Waals surface area contributed by atoms with Crippen LogP contribution < -0.4 is 0 Å². The number of halogens is 3. The van der Waals surface area contributed by atoms with Crippen molar-refractivity contribution in [3.63, 3.8) is 0 Å². The fourth-order valence-electron chi connectivity index (χ4n) is 4.47. The molecule has 0 atom stereocenters. The Balaban J connectivity index is 1.48. The third-order valence-electron chi connectivity index (χ3n) is 6.38. The van der Waals surface area contributed by atoms with Crippen LogP contribution in [0.1, 0.15) is 34.0 Å². The Labute approximate surface area is 239 Å². The first kappa shape index (κ1) is 26.6. The molecule has 0 aliphatic carbocycles. The SMILES string of the molecule is CCc1cccc2c(/C=C3\SC(=O)N(CC(=O)c4ccc(Cl)cc4)C3=O)cn(Cc3ccc(Cl)cc3Cl)c12. The highest BCUT2D eigenvalue weighted by Gasteiger charge is 2.36. The Hall–Kier alpha value is -3.03. The molecule has 192 valence electrons. The van der Waals surface area contributed by atoms with Crippen LogP contribution in [0.4, 0.5) is 4.79 Å². The first-order valence-electron chi connectivity index (χ1n) is 11.8. The largest absolute Gasteiger partial charge is 0.342 e. The van der Waals surface area contributed by atoms with E-state index in [9.17, 15) is 14.4 Å². The van der Waals surface area contributed by atoms with E-state index < -0.39 is 11.1 Å². The van der Waals surface area contributed by atoms with Gasteiger partial charge in [-0.15, -0.1) is 0 Å². The Morgan fingerprint density at radius 2 is 1.68 bits per heavy atom. The molecule has 0 saturated carbocycles. The monoisotopic (exact) mass is 582 g/mol. The molecule has 5 nitrogen and oxygen atoms in total. The van der Waals surface area contributed by atoms with Crippen LogP contribution in [0.25, 0.3) is 17.0 Å². The molecular formula is C29H21Cl3N2O3S. The molecular weight excluding hydrogens is 563 g/mol. The van der Waals surface area contributed by atoms with Gasteiger partial charge in [-0.05, 0) is 71.8 Å². The molecule has 5 rings (SSSR count). The van der Waals surface area contributed by atoms with Gasteiger partial charge in [-0.1, -0.05) is 66.0 Å². The Bertz CT molecular complexity index is 1630. The number of hydrogen-bond acceptors (Lipinski definition) is 4. The molecule has 38 heavy (non-hydrogen) atoms. The van der Waals surface area contributed by atoms with Crippen molar-refractivity contribution < 1.29 is 14.4 Å². The molecule has 9 heteroatoms. The predicted octanol–water partition coefficient (Wildman–Crippen LogP) is 8.13. The van der Waals surface area contributed by atoms with Crippen LogP contribution >= 0.6 is 46.6 Å². The molecule has 2 amide bonds. The van der Waals surface area contributed by atoms with Gasteiger partial charge in [0, 0.05) is 44.3 Å². The number of imide groups is 1. The molecule has 1 aliphatic rings. The number of thioether (sulfide) groups is 1. The van der Waals surface area contributed by atoms with Gasteiger partial charge in [0.15, 0.2) is 5.78 Å². The van der Waals surface area contributed by atoms with E-state index in [1.54, 1.807) is 42.5 Å². The van der Waals surface area contributed by atoms with Crippen LogP contribution in [0.15, 0.2) is 71.8 Å². The van der Waals surface area contributed by atoms with Crippen LogP contribution in [0.3, 0.4) is 0 Å². The maximum absolute atomic E-state index is 13.2. The zero-order valence-corrected chi connectivity index (χ0v) is 23.3. The average molecular weight is 584 g/mol. The van der Waals surface area contributed by atoms with Crippen LogP contribution in [0, 0.1) is 0 Å². The smallest absolute Gasteiger partial charge is 0.293 e. The summed E-state index contributed by atoms with van der Waals surface area (Å²) in [6.07, 6.45) is 4.50. The second kappa shape index (κ2) is 11.0. The third-order valence-corrected chi connectivity index (χ3v) is 8.12. The van der Waals surface area contributed by atoms with Gasteiger partial charge in [0.05, 0.1) is 17.0 Å². The number of amides is 2. The first-order valence-corrected chi connectivity index (χ1v) is 13.8. The Morgan fingerprint density at radius 1 is 0.947 bits per heavy atom. The van der Waals surface area contributed by atoms with E-state index >= 15 is 0 Å². The van der Waals surface area contributed by atoms with Gasteiger partial charge in [-0.3, -0.25) is 19.3 Å². The highest BCUT2D eigenvalue weighted by atomic mass is 35.5. The van der Waals surface area contributed by atoms with Crippen molar-refractivity contribution in [1.29, 1.82) is 0 Å². The zero-order chi connectivity index (χ0) is 27.0. The number of ketones is 1. The summed E-state index contributed by atoms with van der Waals surface area (Å²) in [5.74, 6) is -0.829. The van der Waals surface area contributed by atoms with E-state index in [0.29, 0.717) is 27.2 Å². The Kier molecular flexibility index (Phi) is 7.68. The average Bonchev–Trinajstić information content (AvgIpc) is 3.37. The van der Waals surface area contributed by atoms with Crippen molar-refractivity contribution in [2.75, 3.05) is 6.54 Å². The van der Waals surface area contributed by atoms with Gasteiger partial charge < -0.3 is 4.57 Å². The summed E-state index contributed by atoms with van der Waals surface area (Å²) in [6.45, 7) is 2.26. The van der Waals surface area contributed by atoms with Crippen molar-refractivity contribution in [1.82, 2.24) is 9.47 Å². The quantitative estimate of drug-likeness (QED) is 0.163. The van der Waals surface area contributed by atoms with Crippen molar-refractivity contribution >= 4 is 80.5 Å². The topological polar surface area (TPSA) is 59.4 Å². The van der Waals surface area contributed by atoms with E-state index in [2.05, 4.69) is 17.6 Å². The summed E-state index contributed by atoms with van der Waals surface area (Å²) in [6, 6.07) is 17.8. The first-order chi connectivity index (χ1) is 18.2. The number of nitrogens with zero attached hydrogens (tertiary/aromatic N) is 2. The van der Waals surface area contributed by atoms with E-state index in [1.807, 2.05) is 24.4 Å². The molecule has 1 aliphatic heterocycles. The van der Waals surface area contributed by atoms with E-state index in [4.69, 9.17) is 34.8 Å². The number of hydrogen-bond donors (Lipinski definition) is 0. The number of Topliss-reactive ketones (excluding diaryl/α,β-unsaturated/α-hetero) is 1. The van der Waals surface area contributed by atoms with Crippen molar-refractivity contribution in [3.8, 4) is 0 Å². The summed E-state index contributed by atoms with van der Waals surface area (Å²) in [5, 5.41) is 2.12. The fourth-order valence-corrected chi connectivity index (χ4v) is 5.90. The summed E-state index contributed by atoms with van der Waals surface area (Å²) in [7, 11) is 0. The molecule has 1 aromatic heterocycles. The van der Waals surface area contributed by atoms with Gasteiger partial charge in [-0.25, -0.2) is 0 Å². The minimum atomic E-state index is -0.490. The highest BCUT2D eigenvalue weighted by molar-refractivity contribution is 8.18. The standard InChI is InChI=1S/C29H21Cl3N2O3S/c1-2-17-4-3-5-23-20(15-33(27(17)23)14-19-8-11-22(31)13-24(19)32)12-26-28(36)34(29(37)38-26)16-25(35)18-6-9-21(30)10-7-18/h3-13,15H,2,14,16H2,1H3/b26-12-. The normalized spacial score (nSPS) is 14.7. The summed E-state index contributed by atoms with van der Waals surface area (Å²) in [5.41, 5.74) is 4.27. The number of carbonyl (C=O) groups excluding carboxylic acids is 3. The van der Waals surface area contributed by atoms with Gasteiger partial charge in [0.25, 0.3) is 11.1 Å². The van der Waals surface area contributed by atoms with Gasteiger partial charge >= 0.3 is 0 Å². The number of para-hydroxylation sites is 1. The lowest BCUT2D eigenvalue weighted by Crippen LogP contribution is -2.33. The minimum Gasteiger partial charge on any atom is -0.342 e. The van der Waals surface area contributed by atoms with E-state index in [-0.39, 0.29) is 17.2 Å². The van der Waals surface area contributed by atoms with Crippen molar-refractivity contribution in [3.05, 3.63) is 109 Å². The minimum absolute atomic E-state index is 0.268. The molecule has 4 aromatic rings.